The highest BCUT2D eigenvalue weighted by Crippen LogP contribution is 2.28. The smallest absolute Gasteiger partial charge is 0.261 e. The van der Waals surface area contributed by atoms with Crippen LogP contribution in [0.3, 0.4) is 0 Å². The number of nitrogens with one attached hydrogen (secondary N) is 1. The van der Waals surface area contributed by atoms with E-state index in [0.717, 1.165) is 19.5 Å². The molecule has 2 heterocycles. The van der Waals surface area contributed by atoms with E-state index in [1.54, 1.807) is 0 Å². The molecule has 2 rings (SSSR count). The van der Waals surface area contributed by atoms with Crippen molar-refractivity contribution in [2.24, 2.45) is 5.41 Å². The summed E-state index contributed by atoms with van der Waals surface area (Å²) in [5, 5.41) is 7.13. The van der Waals surface area contributed by atoms with Crippen LogP contribution in [0.25, 0.3) is 0 Å². The lowest BCUT2D eigenvalue weighted by molar-refractivity contribution is 0.00645. The van der Waals surface area contributed by atoms with Gasteiger partial charge in [0.1, 0.15) is 6.61 Å². The van der Waals surface area contributed by atoms with E-state index in [-0.39, 0.29) is 5.41 Å². The van der Waals surface area contributed by atoms with Crippen molar-refractivity contribution in [2.45, 2.75) is 33.2 Å². The van der Waals surface area contributed by atoms with Gasteiger partial charge < -0.3 is 4.74 Å². The van der Waals surface area contributed by atoms with Gasteiger partial charge >= 0.3 is 0 Å². The zero-order valence-corrected chi connectivity index (χ0v) is 11.5. The first-order chi connectivity index (χ1) is 8.96. The summed E-state index contributed by atoms with van der Waals surface area (Å²) in [4.78, 5) is 2.24. The predicted octanol–water partition coefficient (Wildman–Crippen LogP) is 2.08. The summed E-state index contributed by atoms with van der Waals surface area (Å²) in [7, 11) is 0. The van der Waals surface area contributed by atoms with Gasteiger partial charge in [-0.2, -0.15) is 5.10 Å². The number of ether oxygens (including phenoxy) is 1. The Bertz CT molecular complexity index is 406. The third kappa shape index (κ3) is 4.24. The highest BCUT2D eigenvalue weighted by Gasteiger charge is 2.28. The van der Waals surface area contributed by atoms with Gasteiger partial charge in [-0.15, -0.1) is 0 Å². The van der Waals surface area contributed by atoms with Gasteiger partial charge in [0.15, 0.2) is 0 Å². The molecule has 1 aliphatic heterocycles. The molecule has 0 saturated heterocycles. The Morgan fingerprint density at radius 3 is 3.05 bits per heavy atom. The first-order valence-corrected chi connectivity index (χ1v) is 6.56. The second kappa shape index (κ2) is 5.96. The van der Waals surface area contributed by atoms with Crippen LogP contribution in [0.5, 0.6) is 0 Å². The number of hydrogen-bond donors (Lipinski definition) is 1. The second-order valence-corrected chi connectivity index (χ2v) is 5.89. The Balaban J connectivity index is 1.90. The van der Waals surface area contributed by atoms with E-state index in [0.29, 0.717) is 13.2 Å². The highest BCUT2D eigenvalue weighted by atomic mass is 19.3. The van der Waals surface area contributed by atoms with Gasteiger partial charge in [-0.1, -0.05) is 13.8 Å². The maximum absolute atomic E-state index is 12.0. The summed E-state index contributed by atoms with van der Waals surface area (Å²) >= 11 is 0. The molecule has 0 radical (unpaired) electrons. The van der Waals surface area contributed by atoms with Crippen LogP contribution in [-0.2, 0) is 17.7 Å². The van der Waals surface area contributed by atoms with Crippen molar-refractivity contribution in [3.63, 3.8) is 0 Å². The van der Waals surface area contributed by atoms with Crippen molar-refractivity contribution in [1.29, 1.82) is 0 Å². The number of rotatable bonds is 5. The summed E-state index contributed by atoms with van der Waals surface area (Å²) in [5.41, 5.74) is 2.51. The van der Waals surface area contributed by atoms with Gasteiger partial charge in [-0.3, -0.25) is 10.00 Å². The van der Waals surface area contributed by atoms with E-state index < -0.39 is 13.0 Å². The molecule has 6 heteroatoms. The fourth-order valence-corrected chi connectivity index (χ4v) is 2.59. The van der Waals surface area contributed by atoms with Gasteiger partial charge in [-0.25, -0.2) is 8.78 Å². The number of aromatic amines is 1. The Hall–Kier alpha value is -1.01. The Morgan fingerprint density at radius 2 is 2.32 bits per heavy atom. The average Bonchev–Trinajstić information content (AvgIpc) is 2.65. The summed E-state index contributed by atoms with van der Waals surface area (Å²) in [6, 6.07) is 0. The molecule has 19 heavy (non-hydrogen) atoms. The van der Waals surface area contributed by atoms with Crippen LogP contribution in [-0.4, -0.2) is 47.8 Å². The molecule has 0 saturated carbocycles. The monoisotopic (exact) mass is 273 g/mol. The molecule has 0 unspecified atom stereocenters. The van der Waals surface area contributed by atoms with Crippen LogP contribution in [0, 0.1) is 5.41 Å². The topological polar surface area (TPSA) is 41.2 Å². The molecule has 0 aromatic carbocycles. The largest absolute Gasteiger partial charge is 0.374 e. The summed E-state index contributed by atoms with van der Waals surface area (Å²) in [5.74, 6) is 0. The zero-order chi connectivity index (χ0) is 13.9. The van der Waals surface area contributed by atoms with Crippen molar-refractivity contribution < 1.29 is 13.5 Å². The fourth-order valence-electron chi connectivity index (χ4n) is 2.59. The zero-order valence-electron chi connectivity index (χ0n) is 11.5. The third-order valence-electron chi connectivity index (χ3n) is 3.30. The number of H-pyrrole nitrogens is 1. The summed E-state index contributed by atoms with van der Waals surface area (Å²) in [6.45, 7) is 6.66. The van der Waals surface area contributed by atoms with Gasteiger partial charge in [-0.05, 0) is 11.8 Å². The first kappa shape index (κ1) is 14.4. The summed E-state index contributed by atoms with van der Waals surface area (Å²) < 4.78 is 28.9. The maximum Gasteiger partial charge on any atom is 0.261 e. The normalized spacial score (nSPS) is 19.4. The van der Waals surface area contributed by atoms with Crippen LogP contribution in [0.1, 0.15) is 25.1 Å². The Kier molecular flexibility index (Phi) is 4.52. The average molecular weight is 273 g/mol. The van der Waals surface area contributed by atoms with E-state index >= 15 is 0 Å². The van der Waals surface area contributed by atoms with Crippen LogP contribution >= 0.6 is 0 Å². The standard InChI is InChI=1S/C13H21F2N3O/c1-13(2)5-11-10(6-16-17-11)7-18(9-13)3-4-19-8-12(14)15/h6,12H,3-5,7-9H2,1-2H3,(H,16,17). The lowest BCUT2D eigenvalue weighted by Gasteiger charge is -2.29. The molecule has 0 amide bonds. The first-order valence-electron chi connectivity index (χ1n) is 6.56. The molecule has 1 aromatic rings. The molecule has 0 atom stereocenters. The molecular weight excluding hydrogens is 252 g/mol. The number of halogens is 2. The number of hydrogen-bond acceptors (Lipinski definition) is 3. The van der Waals surface area contributed by atoms with Gasteiger partial charge in [0.05, 0.1) is 12.8 Å². The Morgan fingerprint density at radius 1 is 1.53 bits per heavy atom. The lowest BCUT2D eigenvalue weighted by Crippen LogP contribution is -2.35. The molecule has 4 nitrogen and oxygen atoms in total. The minimum absolute atomic E-state index is 0.139. The number of alkyl halides is 2. The van der Waals surface area contributed by atoms with Crippen molar-refractivity contribution in [3.05, 3.63) is 17.5 Å². The van der Waals surface area contributed by atoms with Crippen LogP contribution in [0.15, 0.2) is 6.20 Å². The van der Waals surface area contributed by atoms with E-state index in [9.17, 15) is 8.78 Å². The number of nitrogens with zero attached hydrogens (tertiary/aromatic N) is 2. The minimum Gasteiger partial charge on any atom is -0.374 e. The summed E-state index contributed by atoms with van der Waals surface area (Å²) in [6.07, 6.45) is 0.418. The maximum atomic E-state index is 12.0. The molecular formula is C13H21F2N3O. The molecule has 108 valence electrons. The number of fused-ring (bicyclic) bond motifs is 1. The van der Waals surface area contributed by atoms with E-state index in [4.69, 9.17) is 4.74 Å². The van der Waals surface area contributed by atoms with E-state index in [2.05, 4.69) is 28.9 Å². The van der Waals surface area contributed by atoms with Crippen LogP contribution in [0.2, 0.25) is 0 Å². The van der Waals surface area contributed by atoms with E-state index in [1.807, 2.05) is 6.20 Å². The Labute approximate surface area is 112 Å². The fraction of sp³-hybridized carbons (Fsp3) is 0.769. The molecule has 1 N–H and O–H groups in total. The van der Waals surface area contributed by atoms with Crippen molar-refractivity contribution in [1.82, 2.24) is 15.1 Å². The molecule has 0 spiro atoms. The third-order valence-corrected chi connectivity index (χ3v) is 3.30. The second-order valence-electron chi connectivity index (χ2n) is 5.89. The molecule has 1 aromatic heterocycles. The molecule has 1 aliphatic rings. The van der Waals surface area contributed by atoms with Crippen molar-refractivity contribution in [2.75, 3.05) is 26.3 Å². The van der Waals surface area contributed by atoms with Crippen LogP contribution in [0.4, 0.5) is 8.78 Å². The molecule has 0 fully saturated rings. The highest BCUT2D eigenvalue weighted by molar-refractivity contribution is 5.19. The van der Waals surface area contributed by atoms with Gasteiger partial charge in [0.2, 0.25) is 0 Å². The SMILES string of the molecule is CC1(C)Cc2[nH]ncc2CN(CCOCC(F)F)C1. The minimum atomic E-state index is -2.39. The van der Waals surface area contributed by atoms with Crippen molar-refractivity contribution in [3.8, 4) is 0 Å². The predicted molar refractivity (Wildman–Crippen MR) is 68.2 cm³/mol. The van der Waals surface area contributed by atoms with Gasteiger partial charge in [0.25, 0.3) is 6.43 Å². The molecule has 0 aliphatic carbocycles. The van der Waals surface area contributed by atoms with Crippen molar-refractivity contribution >= 4 is 0 Å². The van der Waals surface area contributed by atoms with E-state index in [1.165, 1.54) is 11.3 Å². The number of aromatic nitrogens is 2. The lowest BCUT2D eigenvalue weighted by atomic mass is 9.88. The van der Waals surface area contributed by atoms with Crippen LogP contribution < -0.4 is 0 Å². The quantitative estimate of drug-likeness (QED) is 0.835. The molecule has 0 bridgehead atoms. The van der Waals surface area contributed by atoms with Gasteiger partial charge in [0, 0.05) is 30.9 Å².